The molecule has 1 aromatic heterocycles. The lowest BCUT2D eigenvalue weighted by Gasteiger charge is -2.02. The number of H-pyrrole nitrogens is 1. The summed E-state index contributed by atoms with van der Waals surface area (Å²) in [4.78, 5) is 11.8. The summed E-state index contributed by atoms with van der Waals surface area (Å²) >= 11 is 12.0. The number of aryl methyl sites for hydroxylation is 2. The molecule has 0 atom stereocenters. The molecule has 0 saturated heterocycles. The Kier molecular flexibility index (Phi) is 5.57. The van der Waals surface area contributed by atoms with Gasteiger partial charge in [-0.2, -0.15) is 10.2 Å². The number of aromatic amines is 1. The first-order valence-electron chi connectivity index (χ1n) is 6.75. The highest BCUT2D eigenvalue weighted by Gasteiger charge is 2.09. The second kappa shape index (κ2) is 7.42. The van der Waals surface area contributed by atoms with Gasteiger partial charge in [0.25, 0.3) is 0 Å². The first-order valence-corrected chi connectivity index (χ1v) is 7.51. The number of nitrogens with one attached hydrogen (secondary N) is 2. The fourth-order valence-corrected chi connectivity index (χ4v) is 2.53. The van der Waals surface area contributed by atoms with E-state index >= 15 is 0 Å². The molecule has 0 radical (unpaired) electrons. The minimum absolute atomic E-state index is 0.181. The quantitative estimate of drug-likeness (QED) is 0.647. The number of amides is 1. The molecule has 0 spiro atoms. The molecule has 22 heavy (non-hydrogen) atoms. The van der Waals surface area contributed by atoms with Gasteiger partial charge in [0.05, 0.1) is 22.0 Å². The zero-order valence-electron chi connectivity index (χ0n) is 12.3. The van der Waals surface area contributed by atoms with Crippen LogP contribution in [-0.4, -0.2) is 22.3 Å². The van der Waals surface area contributed by atoms with E-state index in [1.165, 1.54) is 6.21 Å². The normalized spacial score (nSPS) is 11.1. The van der Waals surface area contributed by atoms with Crippen LogP contribution in [0.1, 0.15) is 28.9 Å². The highest BCUT2D eigenvalue weighted by Crippen LogP contribution is 2.22. The monoisotopic (exact) mass is 338 g/mol. The molecule has 0 aliphatic rings. The van der Waals surface area contributed by atoms with E-state index in [1.807, 2.05) is 13.8 Å². The second-order valence-electron chi connectivity index (χ2n) is 4.84. The molecule has 0 bridgehead atoms. The summed E-state index contributed by atoms with van der Waals surface area (Å²) < 4.78 is 0. The molecule has 1 heterocycles. The first kappa shape index (κ1) is 16.5. The minimum atomic E-state index is -0.181. The SMILES string of the molecule is Cc1n[nH]c(C)c1CCC(=O)N/N=C/c1c(Cl)cccc1Cl. The molecule has 0 aliphatic carbocycles. The largest absolute Gasteiger partial charge is 0.282 e. The molecule has 0 saturated carbocycles. The Bertz CT molecular complexity index is 670. The Hall–Kier alpha value is -1.85. The smallest absolute Gasteiger partial charge is 0.240 e. The number of carbonyl (C=O) groups is 1. The summed E-state index contributed by atoms with van der Waals surface area (Å²) in [6.07, 6.45) is 2.38. The van der Waals surface area contributed by atoms with Gasteiger partial charge in [-0.05, 0) is 38.0 Å². The summed E-state index contributed by atoms with van der Waals surface area (Å²) in [6, 6.07) is 5.16. The van der Waals surface area contributed by atoms with Gasteiger partial charge in [0.2, 0.25) is 5.91 Å². The van der Waals surface area contributed by atoms with Gasteiger partial charge in [-0.15, -0.1) is 0 Å². The standard InChI is InChI=1S/C15H16Cl2N4O/c1-9-11(10(2)20-19-9)6-7-15(22)21-18-8-12-13(16)4-3-5-14(12)17/h3-5,8H,6-7H2,1-2H3,(H,19,20)(H,21,22)/b18-8+. The van der Waals surface area contributed by atoms with Gasteiger partial charge in [-0.25, -0.2) is 5.43 Å². The summed E-state index contributed by atoms with van der Waals surface area (Å²) in [5, 5.41) is 11.9. The number of hydrogen-bond acceptors (Lipinski definition) is 3. The van der Waals surface area contributed by atoms with Gasteiger partial charge in [0, 0.05) is 17.7 Å². The van der Waals surface area contributed by atoms with Crippen LogP contribution in [0.3, 0.4) is 0 Å². The topological polar surface area (TPSA) is 70.1 Å². The van der Waals surface area contributed by atoms with E-state index in [0.29, 0.717) is 28.5 Å². The maximum atomic E-state index is 11.8. The lowest BCUT2D eigenvalue weighted by Crippen LogP contribution is -2.18. The average Bonchev–Trinajstić information content (AvgIpc) is 2.79. The molecule has 0 unspecified atom stereocenters. The van der Waals surface area contributed by atoms with Crippen molar-refractivity contribution in [2.75, 3.05) is 0 Å². The number of halogens is 2. The highest BCUT2D eigenvalue weighted by molar-refractivity contribution is 6.38. The molecule has 116 valence electrons. The van der Waals surface area contributed by atoms with Gasteiger partial charge >= 0.3 is 0 Å². The van der Waals surface area contributed by atoms with Gasteiger partial charge in [-0.3, -0.25) is 9.89 Å². The fourth-order valence-electron chi connectivity index (χ4n) is 2.04. The molecule has 2 N–H and O–H groups in total. The summed E-state index contributed by atoms with van der Waals surface area (Å²) in [5.41, 5.74) is 6.01. The van der Waals surface area contributed by atoms with Crippen LogP contribution >= 0.6 is 23.2 Å². The average molecular weight is 339 g/mol. The Morgan fingerprint density at radius 2 is 2.05 bits per heavy atom. The number of rotatable bonds is 5. The van der Waals surface area contributed by atoms with Crippen molar-refractivity contribution in [3.05, 3.63) is 50.8 Å². The number of aromatic nitrogens is 2. The number of benzene rings is 1. The molecule has 2 rings (SSSR count). The van der Waals surface area contributed by atoms with Crippen molar-refractivity contribution in [1.82, 2.24) is 15.6 Å². The van der Waals surface area contributed by atoms with Crippen molar-refractivity contribution in [2.24, 2.45) is 5.10 Å². The third kappa shape index (κ3) is 4.08. The predicted molar refractivity (Wildman–Crippen MR) is 88.6 cm³/mol. The molecule has 7 heteroatoms. The second-order valence-corrected chi connectivity index (χ2v) is 5.66. The van der Waals surface area contributed by atoms with Crippen molar-refractivity contribution in [3.8, 4) is 0 Å². The van der Waals surface area contributed by atoms with E-state index < -0.39 is 0 Å². The van der Waals surface area contributed by atoms with E-state index in [9.17, 15) is 4.79 Å². The third-order valence-corrected chi connectivity index (χ3v) is 3.92. The van der Waals surface area contributed by atoms with Crippen molar-refractivity contribution < 1.29 is 4.79 Å². The van der Waals surface area contributed by atoms with Crippen LogP contribution in [0.5, 0.6) is 0 Å². The number of nitrogens with zero attached hydrogens (tertiary/aromatic N) is 2. The maximum Gasteiger partial charge on any atom is 0.240 e. The molecular weight excluding hydrogens is 323 g/mol. The highest BCUT2D eigenvalue weighted by atomic mass is 35.5. The van der Waals surface area contributed by atoms with Gasteiger partial charge in [-0.1, -0.05) is 29.3 Å². The molecule has 1 amide bonds. The Labute approximate surface area is 138 Å². The first-order chi connectivity index (χ1) is 10.5. The van der Waals surface area contributed by atoms with Crippen LogP contribution < -0.4 is 5.43 Å². The molecule has 2 aromatic rings. The number of hydrazone groups is 1. The Morgan fingerprint density at radius 1 is 1.36 bits per heavy atom. The molecule has 0 fully saturated rings. The molecular formula is C15H16Cl2N4O. The van der Waals surface area contributed by atoms with E-state index in [0.717, 1.165) is 17.0 Å². The van der Waals surface area contributed by atoms with Crippen molar-refractivity contribution in [1.29, 1.82) is 0 Å². The molecule has 0 aliphatic heterocycles. The Balaban J connectivity index is 1.89. The summed E-state index contributed by atoms with van der Waals surface area (Å²) in [6.45, 7) is 3.85. The summed E-state index contributed by atoms with van der Waals surface area (Å²) in [5.74, 6) is -0.181. The zero-order chi connectivity index (χ0) is 16.1. The van der Waals surface area contributed by atoms with Gasteiger partial charge in [0.15, 0.2) is 0 Å². The number of carbonyl (C=O) groups excluding carboxylic acids is 1. The van der Waals surface area contributed by atoms with Crippen LogP contribution in [0.15, 0.2) is 23.3 Å². The molecule has 1 aromatic carbocycles. The predicted octanol–water partition coefficient (Wildman–Crippen LogP) is 3.42. The lowest BCUT2D eigenvalue weighted by molar-refractivity contribution is -0.121. The summed E-state index contributed by atoms with van der Waals surface area (Å²) in [7, 11) is 0. The van der Waals surface area contributed by atoms with E-state index in [1.54, 1.807) is 18.2 Å². The van der Waals surface area contributed by atoms with E-state index in [-0.39, 0.29) is 5.91 Å². The lowest BCUT2D eigenvalue weighted by atomic mass is 10.1. The number of hydrogen-bond donors (Lipinski definition) is 2. The fraction of sp³-hybridized carbons (Fsp3) is 0.267. The van der Waals surface area contributed by atoms with Crippen LogP contribution in [-0.2, 0) is 11.2 Å². The van der Waals surface area contributed by atoms with Crippen molar-refractivity contribution in [2.45, 2.75) is 26.7 Å². The van der Waals surface area contributed by atoms with Crippen LogP contribution in [0.4, 0.5) is 0 Å². The van der Waals surface area contributed by atoms with Gasteiger partial charge in [0.1, 0.15) is 0 Å². The van der Waals surface area contributed by atoms with Crippen LogP contribution in [0, 0.1) is 13.8 Å². The Morgan fingerprint density at radius 3 is 2.64 bits per heavy atom. The van der Waals surface area contributed by atoms with E-state index in [4.69, 9.17) is 23.2 Å². The van der Waals surface area contributed by atoms with Crippen molar-refractivity contribution in [3.63, 3.8) is 0 Å². The van der Waals surface area contributed by atoms with Gasteiger partial charge < -0.3 is 0 Å². The van der Waals surface area contributed by atoms with Crippen LogP contribution in [0.2, 0.25) is 10.0 Å². The van der Waals surface area contributed by atoms with E-state index in [2.05, 4.69) is 20.7 Å². The van der Waals surface area contributed by atoms with Crippen LogP contribution in [0.25, 0.3) is 0 Å². The molecule has 5 nitrogen and oxygen atoms in total. The minimum Gasteiger partial charge on any atom is -0.282 e. The maximum absolute atomic E-state index is 11.8. The zero-order valence-corrected chi connectivity index (χ0v) is 13.8. The third-order valence-electron chi connectivity index (χ3n) is 3.27. The van der Waals surface area contributed by atoms with Crippen molar-refractivity contribution >= 4 is 35.3 Å².